The maximum Gasteiger partial charge on any atom is 0.168 e. The molecule has 0 aromatic carbocycles. The number of hydrogen-bond acceptors (Lipinski definition) is 3. The molecule has 1 atom stereocenters. The van der Waals surface area contributed by atoms with Gasteiger partial charge in [0.05, 0.1) is 0 Å². The molecule has 3 nitrogen and oxygen atoms in total. The van der Waals surface area contributed by atoms with Gasteiger partial charge in [0.2, 0.25) is 0 Å². The van der Waals surface area contributed by atoms with Crippen LogP contribution in [0.1, 0.15) is 34.9 Å². The summed E-state index contributed by atoms with van der Waals surface area (Å²) in [5.74, 6) is 0.629. The van der Waals surface area contributed by atoms with Crippen molar-refractivity contribution in [1.82, 2.24) is 4.98 Å². The maximum absolute atomic E-state index is 10.3. The molecule has 0 saturated heterocycles. The number of carbonyl (C=O) groups excluding carboxylic acids is 1. The molecule has 2 N–H and O–H groups in total. The predicted molar refractivity (Wildman–Crippen MR) is 49.3 cm³/mol. The van der Waals surface area contributed by atoms with Gasteiger partial charge in [0, 0.05) is 12.2 Å². The molecule has 3 heteroatoms. The highest BCUT2D eigenvalue weighted by Gasteiger charge is 2.29. The van der Waals surface area contributed by atoms with Crippen molar-refractivity contribution in [2.24, 2.45) is 11.7 Å². The summed E-state index contributed by atoms with van der Waals surface area (Å²) in [6.07, 6.45) is 4.88. The van der Waals surface area contributed by atoms with Crippen LogP contribution in [0.2, 0.25) is 0 Å². The zero-order valence-corrected chi connectivity index (χ0v) is 7.31. The van der Waals surface area contributed by atoms with Crippen LogP contribution in [0.25, 0.3) is 0 Å². The van der Waals surface area contributed by atoms with Crippen molar-refractivity contribution in [2.75, 3.05) is 0 Å². The summed E-state index contributed by atoms with van der Waals surface area (Å²) in [6, 6.07) is 3.71. The van der Waals surface area contributed by atoms with Gasteiger partial charge in [-0.15, -0.1) is 0 Å². The van der Waals surface area contributed by atoms with Crippen LogP contribution in [0.4, 0.5) is 0 Å². The van der Waals surface area contributed by atoms with Gasteiger partial charge >= 0.3 is 0 Å². The standard InChI is InChI=1S/C10H12N2O/c11-10(7-1-2-7)8-3-4-9(6-13)12-5-8/h3-7,10H,1-2,11H2. The molecule has 1 saturated carbocycles. The molecule has 1 heterocycles. The third-order valence-corrected chi connectivity index (χ3v) is 2.44. The van der Waals surface area contributed by atoms with Crippen LogP contribution >= 0.6 is 0 Å². The van der Waals surface area contributed by atoms with E-state index >= 15 is 0 Å². The zero-order chi connectivity index (χ0) is 9.26. The first kappa shape index (κ1) is 8.38. The van der Waals surface area contributed by atoms with E-state index < -0.39 is 0 Å². The van der Waals surface area contributed by atoms with E-state index in [9.17, 15) is 4.79 Å². The Morgan fingerprint density at radius 2 is 2.31 bits per heavy atom. The Kier molecular flexibility index (Phi) is 2.10. The highest BCUT2D eigenvalue weighted by atomic mass is 16.1. The Bertz CT molecular complexity index is 303. The van der Waals surface area contributed by atoms with Gasteiger partial charge in [-0.1, -0.05) is 6.07 Å². The van der Waals surface area contributed by atoms with Crippen LogP contribution in [0.5, 0.6) is 0 Å². The Hall–Kier alpha value is -1.22. The van der Waals surface area contributed by atoms with Crippen molar-refractivity contribution in [3.8, 4) is 0 Å². The summed E-state index contributed by atoms with van der Waals surface area (Å²) in [6.45, 7) is 0. The smallest absolute Gasteiger partial charge is 0.168 e. The van der Waals surface area contributed by atoms with Crippen LogP contribution in [-0.4, -0.2) is 11.3 Å². The summed E-state index contributed by atoms with van der Waals surface area (Å²) < 4.78 is 0. The number of hydrogen-bond donors (Lipinski definition) is 1. The average Bonchev–Trinajstić information content (AvgIpc) is 3.00. The summed E-state index contributed by atoms with van der Waals surface area (Å²) in [5, 5.41) is 0. The van der Waals surface area contributed by atoms with E-state index in [1.165, 1.54) is 12.8 Å². The molecule has 68 valence electrons. The normalized spacial score (nSPS) is 18.2. The Balaban J connectivity index is 2.16. The first-order chi connectivity index (χ1) is 6.31. The van der Waals surface area contributed by atoms with Gasteiger partial charge in [0.1, 0.15) is 5.69 Å². The fourth-order valence-electron chi connectivity index (χ4n) is 1.41. The van der Waals surface area contributed by atoms with Crippen LogP contribution in [0.15, 0.2) is 18.3 Å². The lowest BCUT2D eigenvalue weighted by atomic mass is 10.1. The minimum absolute atomic E-state index is 0.105. The van der Waals surface area contributed by atoms with E-state index in [4.69, 9.17) is 5.73 Å². The molecule has 1 aliphatic rings. The molecule has 0 amide bonds. The van der Waals surface area contributed by atoms with Gasteiger partial charge in [0.15, 0.2) is 6.29 Å². The van der Waals surface area contributed by atoms with E-state index in [1.807, 2.05) is 6.07 Å². The molecule has 0 radical (unpaired) electrons. The van der Waals surface area contributed by atoms with E-state index in [0.29, 0.717) is 11.6 Å². The van der Waals surface area contributed by atoms with E-state index in [-0.39, 0.29) is 6.04 Å². The lowest BCUT2D eigenvalue weighted by molar-refractivity contribution is 0.111. The maximum atomic E-state index is 10.3. The van der Waals surface area contributed by atoms with E-state index in [2.05, 4.69) is 4.98 Å². The minimum atomic E-state index is 0.105. The monoisotopic (exact) mass is 176 g/mol. The van der Waals surface area contributed by atoms with Gasteiger partial charge in [-0.25, -0.2) is 0 Å². The van der Waals surface area contributed by atoms with E-state index in [0.717, 1.165) is 11.8 Å². The van der Waals surface area contributed by atoms with Crippen molar-refractivity contribution in [2.45, 2.75) is 18.9 Å². The summed E-state index contributed by atoms with van der Waals surface area (Å²) >= 11 is 0. The molecule has 1 aromatic rings. The van der Waals surface area contributed by atoms with Gasteiger partial charge in [0.25, 0.3) is 0 Å². The molecular formula is C10H12N2O. The molecule has 0 bridgehead atoms. The number of aromatic nitrogens is 1. The fraction of sp³-hybridized carbons (Fsp3) is 0.400. The first-order valence-electron chi connectivity index (χ1n) is 4.48. The summed E-state index contributed by atoms with van der Waals surface area (Å²) in [4.78, 5) is 14.3. The second-order valence-corrected chi connectivity index (χ2v) is 3.50. The third kappa shape index (κ3) is 1.75. The van der Waals surface area contributed by atoms with E-state index in [1.54, 1.807) is 12.3 Å². The Morgan fingerprint density at radius 1 is 1.54 bits per heavy atom. The number of aldehydes is 1. The number of rotatable bonds is 3. The number of nitrogens with two attached hydrogens (primary N) is 1. The molecular weight excluding hydrogens is 164 g/mol. The van der Waals surface area contributed by atoms with Crippen molar-refractivity contribution in [1.29, 1.82) is 0 Å². The van der Waals surface area contributed by atoms with Gasteiger partial charge in [-0.05, 0) is 30.4 Å². The number of pyridine rings is 1. The molecule has 0 spiro atoms. The predicted octanol–water partition coefficient (Wildman–Crippen LogP) is 1.30. The first-order valence-corrected chi connectivity index (χ1v) is 4.48. The molecule has 2 rings (SSSR count). The Labute approximate surface area is 77.0 Å². The van der Waals surface area contributed by atoms with Crippen LogP contribution in [0.3, 0.4) is 0 Å². The van der Waals surface area contributed by atoms with Crippen molar-refractivity contribution >= 4 is 6.29 Å². The molecule has 0 aliphatic heterocycles. The van der Waals surface area contributed by atoms with Gasteiger partial charge in [-0.3, -0.25) is 9.78 Å². The quantitative estimate of drug-likeness (QED) is 0.706. The van der Waals surface area contributed by atoms with Gasteiger partial charge < -0.3 is 5.73 Å². The van der Waals surface area contributed by atoms with Crippen LogP contribution in [0, 0.1) is 5.92 Å². The number of carbonyl (C=O) groups is 1. The summed E-state index contributed by atoms with van der Waals surface area (Å²) in [5.41, 5.74) is 7.46. The highest BCUT2D eigenvalue weighted by molar-refractivity contribution is 5.71. The summed E-state index contributed by atoms with van der Waals surface area (Å²) in [7, 11) is 0. The topological polar surface area (TPSA) is 56.0 Å². The molecule has 1 unspecified atom stereocenters. The average molecular weight is 176 g/mol. The van der Waals surface area contributed by atoms with Crippen molar-refractivity contribution in [3.05, 3.63) is 29.6 Å². The largest absolute Gasteiger partial charge is 0.324 e. The zero-order valence-electron chi connectivity index (χ0n) is 7.31. The molecule has 1 fully saturated rings. The molecule has 1 aliphatic carbocycles. The lowest BCUT2D eigenvalue weighted by Crippen LogP contribution is -2.12. The van der Waals surface area contributed by atoms with Gasteiger partial charge in [-0.2, -0.15) is 0 Å². The SMILES string of the molecule is NC(c1ccc(C=O)nc1)C1CC1. The second-order valence-electron chi connectivity index (χ2n) is 3.50. The lowest BCUT2D eigenvalue weighted by Gasteiger charge is -2.09. The van der Waals surface area contributed by atoms with Crippen molar-refractivity contribution < 1.29 is 4.79 Å². The fourth-order valence-corrected chi connectivity index (χ4v) is 1.41. The molecule has 13 heavy (non-hydrogen) atoms. The number of nitrogens with zero attached hydrogens (tertiary/aromatic N) is 1. The second kappa shape index (κ2) is 3.26. The van der Waals surface area contributed by atoms with Crippen LogP contribution < -0.4 is 5.73 Å². The van der Waals surface area contributed by atoms with Crippen LogP contribution in [-0.2, 0) is 0 Å². The Morgan fingerprint density at radius 3 is 2.77 bits per heavy atom. The highest BCUT2D eigenvalue weighted by Crippen LogP contribution is 2.39. The third-order valence-electron chi connectivity index (χ3n) is 2.44. The minimum Gasteiger partial charge on any atom is -0.324 e. The molecule has 1 aromatic heterocycles. The van der Waals surface area contributed by atoms with Crippen molar-refractivity contribution in [3.63, 3.8) is 0 Å².